The molecule has 6 heteroatoms. The van der Waals surface area contributed by atoms with Crippen LogP contribution in [-0.4, -0.2) is 38.8 Å². The number of ketones is 1. The topological polar surface area (TPSA) is 82.6 Å². The molecule has 0 radical (unpaired) electrons. The highest BCUT2D eigenvalue weighted by Crippen LogP contribution is 2.45. The number of amides is 1. The van der Waals surface area contributed by atoms with E-state index in [2.05, 4.69) is 4.98 Å². The first-order chi connectivity index (χ1) is 16.4. The summed E-state index contributed by atoms with van der Waals surface area (Å²) in [6, 6.07) is 12.6. The number of likely N-dealkylation sites (tertiary alicyclic amines) is 1. The van der Waals surface area contributed by atoms with Gasteiger partial charge >= 0.3 is 0 Å². The zero-order valence-corrected chi connectivity index (χ0v) is 19.8. The van der Waals surface area contributed by atoms with Crippen molar-refractivity contribution in [3.8, 4) is 5.75 Å². The summed E-state index contributed by atoms with van der Waals surface area (Å²) in [5.41, 5.74) is 3.27. The van der Waals surface area contributed by atoms with Crippen LogP contribution in [0, 0.1) is 6.92 Å². The molecule has 1 saturated heterocycles. The maximum Gasteiger partial charge on any atom is 0.295 e. The lowest BCUT2D eigenvalue weighted by Crippen LogP contribution is -2.37. The predicted molar refractivity (Wildman–Crippen MR) is 132 cm³/mol. The zero-order valence-electron chi connectivity index (χ0n) is 19.8. The Morgan fingerprint density at radius 3 is 2.56 bits per heavy atom. The number of nitrogens with zero attached hydrogens (tertiary/aromatic N) is 1. The molecule has 2 aromatic carbocycles. The number of aliphatic hydroxyl groups is 1. The molecule has 1 saturated carbocycles. The first-order valence-electron chi connectivity index (χ1n) is 12.0. The molecule has 0 bridgehead atoms. The van der Waals surface area contributed by atoms with Crippen molar-refractivity contribution in [2.75, 3.05) is 0 Å². The third-order valence-electron chi connectivity index (χ3n) is 6.93. The third kappa shape index (κ3) is 3.67. The third-order valence-corrected chi connectivity index (χ3v) is 6.93. The van der Waals surface area contributed by atoms with Crippen LogP contribution in [-0.2, 0) is 9.59 Å². The second-order valence-electron chi connectivity index (χ2n) is 9.58. The molecule has 1 aromatic heterocycles. The minimum Gasteiger partial charge on any atom is -0.507 e. The monoisotopic (exact) mass is 458 g/mol. The highest BCUT2D eigenvalue weighted by atomic mass is 16.5. The van der Waals surface area contributed by atoms with Gasteiger partial charge in [0, 0.05) is 34.3 Å². The fraction of sp³-hybridized carbons (Fsp3) is 0.357. The zero-order chi connectivity index (χ0) is 24.0. The summed E-state index contributed by atoms with van der Waals surface area (Å²) >= 11 is 0. The lowest BCUT2D eigenvalue weighted by atomic mass is 9.94. The van der Waals surface area contributed by atoms with Gasteiger partial charge in [0.2, 0.25) is 0 Å². The number of H-pyrrole nitrogens is 1. The Morgan fingerprint density at radius 1 is 1.12 bits per heavy atom. The van der Waals surface area contributed by atoms with Crippen molar-refractivity contribution < 1.29 is 19.4 Å². The number of aromatic amines is 1. The van der Waals surface area contributed by atoms with Crippen LogP contribution in [0.15, 0.2) is 54.2 Å². The molecule has 3 aromatic rings. The van der Waals surface area contributed by atoms with Gasteiger partial charge in [0.05, 0.1) is 17.7 Å². The predicted octanol–water partition coefficient (Wildman–Crippen LogP) is 5.63. The maximum atomic E-state index is 13.4. The summed E-state index contributed by atoms with van der Waals surface area (Å²) in [5.74, 6) is -0.570. The average Bonchev–Trinajstić information content (AvgIpc) is 3.53. The number of carbonyl (C=O) groups is 2. The number of hydrogen-bond donors (Lipinski definition) is 2. The molecule has 1 atom stereocenters. The Balaban J connectivity index is 1.67. The van der Waals surface area contributed by atoms with Gasteiger partial charge in [-0.05, 0) is 63.4 Å². The van der Waals surface area contributed by atoms with E-state index in [-0.39, 0.29) is 23.5 Å². The normalized spacial score (nSPS) is 20.7. The van der Waals surface area contributed by atoms with E-state index in [0.29, 0.717) is 5.56 Å². The van der Waals surface area contributed by atoms with Gasteiger partial charge in [-0.2, -0.15) is 0 Å². The quantitative estimate of drug-likeness (QED) is 0.295. The molecule has 0 spiro atoms. The van der Waals surface area contributed by atoms with Gasteiger partial charge in [0.15, 0.2) is 0 Å². The number of carbonyl (C=O) groups excluding carboxylic acids is 2. The van der Waals surface area contributed by atoms with Crippen molar-refractivity contribution in [1.82, 2.24) is 9.88 Å². The van der Waals surface area contributed by atoms with Crippen LogP contribution in [0.2, 0.25) is 0 Å². The van der Waals surface area contributed by atoms with Crippen molar-refractivity contribution >= 4 is 28.4 Å². The molecule has 1 aliphatic heterocycles. The van der Waals surface area contributed by atoms with E-state index in [1.54, 1.807) is 17.0 Å². The Kier molecular flexibility index (Phi) is 5.68. The standard InChI is InChI=1S/C28H30N2O4/c1-16(2)34-23-13-12-18(14-17(23)3)26(31)24-25(21-15-29-22-11-7-6-10-20(21)22)30(28(33)27(24)32)19-8-4-5-9-19/h6-7,10-16,19,25,29,31H,4-5,8-9H2,1-3H3/b26-24+. The molecule has 2 fully saturated rings. The van der Waals surface area contributed by atoms with Crippen LogP contribution in [0.25, 0.3) is 16.7 Å². The summed E-state index contributed by atoms with van der Waals surface area (Å²) in [4.78, 5) is 31.7. The fourth-order valence-electron chi connectivity index (χ4n) is 5.37. The van der Waals surface area contributed by atoms with E-state index in [1.165, 1.54) is 0 Å². The molecule has 2 N–H and O–H groups in total. The average molecular weight is 459 g/mol. The Hall–Kier alpha value is -3.54. The van der Waals surface area contributed by atoms with Crippen molar-refractivity contribution in [2.45, 2.75) is 64.6 Å². The van der Waals surface area contributed by atoms with Gasteiger partial charge in [0.1, 0.15) is 11.5 Å². The molecule has 1 aliphatic carbocycles. The molecule has 1 unspecified atom stereocenters. The van der Waals surface area contributed by atoms with Gasteiger partial charge < -0.3 is 19.7 Å². The Labute approximate surface area is 199 Å². The lowest BCUT2D eigenvalue weighted by Gasteiger charge is -2.30. The smallest absolute Gasteiger partial charge is 0.295 e. The van der Waals surface area contributed by atoms with E-state index in [0.717, 1.165) is 53.5 Å². The van der Waals surface area contributed by atoms with E-state index in [4.69, 9.17) is 4.74 Å². The number of para-hydroxylation sites is 1. The van der Waals surface area contributed by atoms with E-state index >= 15 is 0 Å². The number of hydrogen-bond acceptors (Lipinski definition) is 4. The van der Waals surface area contributed by atoms with Crippen molar-refractivity contribution in [3.63, 3.8) is 0 Å². The van der Waals surface area contributed by atoms with Crippen molar-refractivity contribution in [3.05, 3.63) is 70.9 Å². The second-order valence-corrected chi connectivity index (χ2v) is 9.58. The highest BCUT2D eigenvalue weighted by molar-refractivity contribution is 6.46. The lowest BCUT2D eigenvalue weighted by molar-refractivity contribution is -0.141. The molecule has 5 rings (SSSR count). The van der Waals surface area contributed by atoms with Gasteiger partial charge in [-0.3, -0.25) is 9.59 Å². The minimum absolute atomic E-state index is 0.0102. The molecule has 2 heterocycles. The summed E-state index contributed by atoms with van der Waals surface area (Å²) in [7, 11) is 0. The highest BCUT2D eigenvalue weighted by Gasteiger charge is 2.49. The summed E-state index contributed by atoms with van der Waals surface area (Å²) < 4.78 is 5.83. The molecule has 176 valence electrons. The maximum absolute atomic E-state index is 13.4. The van der Waals surface area contributed by atoms with Crippen LogP contribution >= 0.6 is 0 Å². The molecule has 2 aliphatic rings. The summed E-state index contributed by atoms with van der Waals surface area (Å²) in [6.45, 7) is 5.82. The first kappa shape index (κ1) is 22.3. The van der Waals surface area contributed by atoms with Gasteiger partial charge in [-0.1, -0.05) is 31.0 Å². The molecular formula is C28H30N2O4. The van der Waals surface area contributed by atoms with E-state index in [1.807, 2.05) is 57.3 Å². The van der Waals surface area contributed by atoms with Gasteiger partial charge in [0.25, 0.3) is 11.7 Å². The minimum atomic E-state index is -0.633. The number of aliphatic hydroxyl groups excluding tert-OH is 1. The molecular weight excluding hydrogens is 428 g/mol. The summed E-state index contributed by atoms with van der Waals surface area (Å²) in [5, 5.41) is 12.4. The van der Waals surface area contributed by atoms with Crippen LogP contribution in [0.5, 0.6) is 5.75 Å². The largest absolute Gasteiger partial charge is 0.507 e. The number of aryl methyl sites for hydroxylation is 1. The second kappa shape index (κ2) is 8.67. The number of rotatable bonds is 5. The molecule has 6 nitrogen and oxygen atoms in total. The van der Waals surface area contributed by atoms with E-state index in [9.17, 15) is 14.7 Å². The van der Waals surface area contributed by atoms with Crippen LogP contribution in [0.1, 0.15) is 62.3 Å². The molecule has 1 amide bonds. The number of ether oxygens (including phenoxy) is 1. The van der Waals surface area contributed by atoms with Crippen molar-refractivity contribution in [2.24, 2.45) is 0 Å². The number of nitrogens with one attached hydrogen (secondary N) is 1. The van der Waals surface area contributed by atoms with Gasteiger partial charge in [-0.15, -0.1) is 0 Å². The van der Waals surface area contributed by atoms with Gasteiger partial charge in [-0.25, -0.2) is 0 Å². The number of benzene rings is 2. The Bertz CT molecular complexity index is 1300. The van der Waals surface area contributed by atoms with Crippen molar-refractivity contribution in [1.29, 1.82) is 0 Å². The van der Waals surface area contributed by atoms with Crippen LogP contribution < -0.4 is 4.74 Å². The fourth-order valence-corrected chi connectivity index (χ4v) is 5.37. The summed E-state index contributed by atoms with van der Waals surface area (Å²) in [6.07, 6.45) is 5.69. The molecule has 34 heavy (non-hydrogen) atoms. The number of aromatic nitrogens is 1. The van der Waals surface area contributed by atoms with Crippen LogP contribution in [0.3, 0.4) is 0 Å². The Morgan fingerprint density at radius 2 is 1.85 bits per heavy atom. The number of Topliss-reactive ketones (excluding diaryl/α,β-unsaturated/α-hetero) is 1. The van der Waals surface area contributed by atoms with E-state index < -0.39 is 17.7 Å². The SMILES string of the molecule is Cc1cc(/C(O)=C2\C(=O)C(=O)N(C3CCCC3)C2c2c[nH]c3ccccc23)ccc1OC(C)C. The van der Waals surface area contributed by atoms with Crippen LogP contribution in [0.4, 0.5) is 0 Å². The first-order valence-corrected chi connectivity index (χ1v) is 12.0. The number of fused-ring (bicyclic) bond motifs is 1.